The number of benzene rings is 2. The number of rotatable bonds is 4. The molecule has 3 aromatic rings. The van der Waals surface area contributed by atoms with E-state index in [2.05, 4.69) is 21.8 Å². The van der Waals surface area contributed by atoms with Gasteiger partial charge in [-0.05, 0) is 30.8 Å². The van der Waals surface area contributed by atoms with Crippen molar-refractivity contribution in [2.75, 3.05) is 32.7 Å². The average Bonchev–Trinajstić information content (AvgIpc) is 3.18. The Morgan fingerprint density at radius 1 is 1.14 bits per heavy atom. The number of nitrogens with one attached hydrogen (secondary N) is 1. The largest absolute Gasteiger partial charge is 0.507 e. The van der Waals surface area contributed by atoms with E-state index in [0.29, 0.717) is 28.7 Å². The first kappa shape index (κ1) is 18.2. The van der Waals surface area contributed by atoms with Crippen molar-refractivity contribution in [3.05, 3.63) is 47.5 Å². The molecule has 1 fully saturated rings. The molecule has 1 aliphatic rings. The maximum atomic E-state index is 12.7. The van der Waals surface area contributed by atoms with Crippen LogP contribution in [-0.2, 0) is 0 Å². The quantitative estimate of drug-likeness (QED) is 0.681. The molecular formula is C21H22N4O3. The van der Waals surface area contributed by atoms with E-state index in [-0.39, 0.29) is 17.2 Å². The average molecular weight is 378 g/mol. The van der Waals surface area contributed by atoms with Crippen LogP contribution in [0.25, 0.3) is 22.4 Å². The number of aromatic hydroxyl groups is 1. The van der Waals surface area contributed by atoms with E-state index >= 15 is 0 Å². The number of H-pyrrole nitrogens is 1. The summed E-state index contributed by atoms with van der Waals surface area (Å²) in [6.07, 6.45) is 0.611. The van der Waals surface area contributed by atoms with Crippen LogP contribution in [0.3, 0.4) is 0 Å². The van der Waals surface area contributed by atoms with Gasteiger partial charge in [0.2, 0.25) is 0 Å². The number of carbonyl (C=O) groups is 2. The summed E-state index contributed by atoms with van der Waals surface area (Å²) in [5.41, 5.74) is 2.74. The molecule has 1 saturated heterocycles. The van der Waals surface area contributed by atoms with Gasteiger partial charge in [-0.2, -0.15) is 0 Å². The van der Waals surface area contributed by atoms with Crippen molar-refractivity contribution in [1.82, 2.24) is 19.8 Å². The number of imidazole rings is 1. The molecule has 0 spiro atoms. The molecule has 0 saturated carbocycles. The molecule has 0 aliphatic carbocycles. The number of piperazine rings is 1. The van der Waals surface area contributed by atoms with Crippen molar-refractivity contribution in [1.29, 1.82) is 0 Å². The van der Waals surface area contributed by atoms with E-state index in [4.69, 9.17) is 0 Å². The van der Waals surface area contributed by atoms with E-state index in [1.54, 1.807) is 18.2 Å². The third-order valence-corrected chi connectivity index (χ3v) is 5.31. The van der Waals surface area contributed by atoms with Gasteiger partial charge < -0.3 is 19.9 Å². The predicted octanol–water partition coefficient (Wildman–Crippen LogP) is 2.53. The van der Waals surface area contributed by atoms with Crippen LogP contribution in [0.2, 0.25) is 0 Å². The number of aromatic nitrogens is 2. The van der Waals surface area contributed by atoms with Crippen molar-refractivity contribution in [3.8, 4) is 17.1 Å². The number of hydrogen-bond donors (Lipinski definition) is 2. The second kappa shape index (κ2) is 7.44. The van der Waals surface area contributed by atoms with Crippen molar-refractivity contribution in [3.63, 3.8) is 0 Å². The van der Waals surface area contributed by atoms with Crippen LogP contribution in [0, 0.1) is 0 Å². The number of aldehydes is 1. The van der Waals surface area contributed by atoms with E-state index < -0.39 is 0 Å². The molecule has 2 aromatic carbocycles. The predicted molar refractivity (Wildman–Crippen MR) is 107 cm³/mol. The zero-order valence-electron chi connectivity index (χ0n) is 15.7. The maximum absolute atomic E-state index is 12.7. The number of phenols is 1. The molecule has 1 aromatic heterocycles. The lowest BCUT2D eigenvalue weighted by Crippen LogP contribution is -2.48. The van der Waals surface area contributed by atoms with Gasteiger partial charge in [-0.15, -0.1) is 0 Å². The minimum Gasteiger partial charge on any atom is -0.507 e. The van der Waals surface area contributed by atoms with E-state index in [1.165, 1.54) is 6.07 Å². The highest BCUT2D eigenvalue weighted by Crippen LogP contribution is 2.27. The molecule has 4 rings (SSSR count). The number of nitrogens with zero attached hydrogens (tertiary/aromatic N) is 3. The van der Waals surface area contributed by atoms with Gasteiger partial charge in [-0.25, -0.2) is 4.98 Å². The van der Waals surface area contributed by atoms with Crippen LogP contribution in [0.15, 0.2) is 36.4 Å². The summed E-state index contributed by atoms with van der Waals surface area (Å²) < 4.78 is 0. The molecule has 0 radical (unpaired) electrons. The number of carbonyl (C=O) groups excluding carboxylic acids is 2. The first-order valence-electron chi connectivity index (χ1n) is 9.39. The van der Waals surface area contributed by atoms with Gasteiger partial charge in [0.05, 0.1) is 16.6 Å². The van der Waals surface area contributed by atoms with Gasteiger partial charge in [-0.3, -0.25) is 9.59 Å². The number of likely N-dealkylation sites (N-methyl/N-ethyl adjacent to an activating group) is 1. The first-order chi connectivity index (χ1) is 13.6. The molecule has 2 N–H and O–H groups in total. The van der Waals surface area contributed by atoms with E-state index in [1.807, 2.05) is 17.0 Å². The summed E-state index contributed by atoms with van der Waals surface area (Å²) >= 11 is 0. The van der Waals surface area contributed by atoms with Gasteiger partial charge in [0, 0.05) is 37.3 Å². The molecule has 1 aliphatic heterocycles. The Balaban J connectivity index is 1.56. The van der Waals surface area contributed by atoms with Crippen molar-refractivity contribution in [2.45, 2.75) is 6.92 Å². The van der Waals surface area contributed by atoms with Crippen molar-refractivity contribution >= 4 is 23.2 Å². The molecular weight excluding hydrogens is 356 g/mol. The summed E-state index contributed by atoms with van der Waals surface area (Å²) in [5, 5.41) is 9.82. The number of amides is 1. The molecule has 0 bridgehead atoms. The fourth-order valence-electron chi connectivity index (χ4n) is 3.56. The van der Waals surface area contributed by atoms with Gasteiger partial charge in [0.25, 0.3) is 5.91 Å². The minimum absolute atomic E-state index is 0.0417. The number of phenolic OH excluding ortho intramolecular Hbond substituents is 1. The molecule has 0 atom stereocenters. The van der Waals surface area contributed by atoms with Gasteiger partial charge in [0.1, 0.15) is 11.6 Å². The number of aromatic amines is 1. The SMILES string of the molecule is CCN1CCN(C(=O)c2ccc(-c3nc4ccc(O)c(C=O)c4[nH]3)cc2)CC1. The summed E-state index contributed by atoms with van der Waals surface area (Å²) in [7, 11) is 0. The molecule has 0 unspecified atom stereocenters. The minimum atomic E-state index is -0.0817. The van der Waals surface area contributed by atoms with Crippen LogP contribution >= 0.6 is 0 Å². The standard InChI is InChI=1S/C21H22N4O3/c1-2-24-9-11-25(12-10-24)21(28)15-5-3-14(4-6-15)20-22-17-7-8-18(27)16(13-26)19(17)23-20/h3-8,13,27H,2,9-12H2,1H3,(H,22,23). The lowest BCUT2D eigenvalue weighted by atomic mass is 10.1. The summed E-state index contributed by atoms with van der Waals surface area (Å²) in [4.78, 5) is 35.8. The molecule has 2 heterocycles. The number of fused-ring (bicyclic) bond motifs is 1. The van der Waals surface area contributed by atoms with E-state index in [0.717, 1.165) is 38.3 Å². The summed E-state index contributed by atoms with van der Waals surface area (Å²) in [5.74, 6) is 0.543. The number of hydrogen-bond acceptors (Lipinski definition) is 5. The van der Waals surface area contributed by atoms with Crippen LogP contribution in [0.5, 0.6) is 5.75 Å². The third-order valence-electron chi connectivity index (χ3n) is 5.31. The molecule has 28 heavy (non-hydrogen) atoms. The van der Waals surface area contributed by atoms with Gasteiger partial charge in [-0.1, -0.05) is 19.1 Å². The molecule has 1 amide bonds. The van der Waals surface area contributed by atoms with Crippen molar-refractivity contribution < 1.29 is 14.7 Å². The van der Waals surface area contributed by atoms with E-state index in [9.17, 15) is 14.7 Å². The zero-order valence-corrected chi connectivity index (χ0v) is 15.7. The van der Waals surface area contributed by atoms with Gasteiger partial charge in [0.15, 0.2) is 6.29 Å². The maximum Gasteiger partial charge on any atom is 0.253 e. The summed E-state index contributed by atoms with van der Waals surface area (Å²) in [6, 6.07) is 10.4. The Morgan fingerprint density at radius 2 is 1.86 bits per heavy atom. The normalized spacial score (nSPS) is 15.1. The fraction of sp³-hybridized carbons (Fsp3) is 0.286. The monoisotopic (exact) mass is 378 g/mol. The highest BCUT2D eigenvalue weighted by atomic mass is 16.3. The Bertz CT molecular complexity index is 1020. The summed E-state index contributed by atoms with van der Waals surface area (Å²) in [6.45, 7) is 6.45. The van der Waals surface area contributed by atoms with Crippen LogP contribution < -0.4 is 0 Å². The Morgan fingerprint density at radius 3 is 2.50 bits per heavy atom. The van der Waals surface area contributed by atoms with Crippen LogP contribution in [-0.4, -0.2) is 69.8 Å². The lowest BCUT2D eigenvalue weighted by molar-refractivity contribution is 0.0643. The second-order valence-electron chi connectivity index (χ2n) is 6.90. The highest BCUT2D eigenvalue weighted by Gasteiger charge is 2.21. The topological polar surface area (TPSA) is 89.5 Å². The van der Waals surface area contributed by atoms with Crippen LogP contribution in [0.1, 0.15) is 27.6 Å². The second-order valence-corrected chi connectivity index (χ2v) is 6.90. The lowest BCUT2D eigenvalue weighted by Gasteiger charge is -2.34. The third kappa shape index (κ3) is 3.25. The first-order valence-corrected chi connectivity index (χ1v) is 9.39. The van der Waals surface area contributed by atoms with Crippen molar-refractivity contribution in [2.24, 2.45) is 0 Å². The molecule has 7 heteroatoms. The highest BCUT2D eigenvalue weighted by molar-refractivity contribution is 5.98. The Labute approximate surface area is 162 Å². The Kier molecular flexibility index (Phi) is 4.83. The molecule has 7 nitrogen and oxygen atoms in total. The molecule has 144 valence electrons. The Hall–Kier alpha value is -3.19. The smallest absolute Gasteiger partial charge is 0.253 e. The van der Waals surface area contributed by atoms with Crippen LogP contribution in [0.4, 0.5) is 0 Å². The van der Waals surface area contributed by atoms with Gasteiger partial charge >= 0.3 is 0 Å². The zero-order chi connectivity index (χ0) is 19.7. The fourth-order valence-corrected chi connectivity index (χ4v) is 3.56.